The van der Waals surface area contributed by atoms with E-state index in [-0.39, 0.29) is 23.6 Å². The van der Waals surface area contributed by atoms with Crippen molar-refractivity contribution in [3.63, 3.8) is 0 Å². The second kappa shape index (κ2) is 7.68. The van der Waals surface area contributed by atoms with Gasteiger partial charge < -0.3 is 15.0 Å². The molecule has 2 rings (SSSR count). The summed E-state index contributed by atoms with van der Waals surface area (Å²) in [6.45, 7) is 2.60. The van der Waals surface area contributed by atoms with Crippen LogP contribution in [0.2, 0.25) is 0 Å². The van der Waals surface area contributed by atoms with Crippen LogP contribution in [0.25, 0.3) is 0 Å². The van der Waals surface area contributed by atoms with Crippen molar-refractivity contribution in [3.8, 4) is 5.75 Å². The average Bonchev–Trinajstić information content (AvgIpc) is 2.88. The molecule has 23 heavy (non-hydrogen) atoms. The zero-order valence-electron chi connectivity index (χ0n) is 13.6. The van der Waals surface area contributed by atoms with Crippen LogP contribution in [-0.2, 0) is 9.84 Å². The van der Waals surface area contributed by atoms with E-state index in [0.29, 0.717) is 24.4 Å². The quantitative estimate of drug-likeness (QED) is 0.863. The maximum absolute atomic E-state index is 12.6. The molecule has 1 heterocycles. The summed E-state index contributed by atoms with van der Waals surface area (Å²) in [5.41, 5.74) is 0.586. The molecule has 2 amide bonds. The van der Waals surface area contributed by atoms with Crippen LogP contribution in [0, 0.1) is 0 Å². The Kier molecular flexibility index (Phi) is 5.87. The minimum atomic E-state index is -3.03. The molecule has 128 valence electrons. The Morgan fingerprint density at radius 1 is 1.39 bits per heavy atom. The highest BCUT2D eigenvalue weighted by atomic mass is 32.2. The van der Waals surface area contributed by atoms with E-state index in [2.05, 4.69) is 5.32 Å². The molecule has 7 heteroatoms. The molecule has 0 aromatic heterocycles. The van der Waals surface area contributed by atoms with Gasteiger partial charge in [0.1, 0.15) is 5.75 Å². The average molecular weight is 340 g/mol. The topological polar surface area (TPSA) is 75.7 Å². The lowest BCUT2D eigenvalue weighted by Crippen LogP contribution is -2.44. The molecule has 1 aliphatic heterocycles. The van der Waals surface area contributed by atoms with Gasteiger partial charge in [0.05, 0.1) is 24.3 Å². The van der Waals surface area contributed by atoms with Gasteiger partial charge in [0.15, 0.2) is 9.84 Å². The Morgan fingerprint density at radius 2 is 2.13 bits per heavy atom. The van der Waals surface area contributed by atoms with Crippen molar-refractivity contribution in [2.24, 2.45) is 0 Å². The number of rotatable bonds is 6. The van der Waals surface area contributed by atoms with Gasteiger partial charge in [0.25, 0.3) is 0 Å². The van der Waals surface area contributed by atoms with Gasteiger partial charge in [-0.15, -0.1) is 0 Å². The van der Waals surface area contributed by atoms with Crippen LogP contribution in [0.1, 0.15) is 26.2 Å². The second-order valence-corrected chi connectivity index (χ2v) is 7.96. The monoisotopic (exact) mass is 340 g/mol. The first kappa shape index (κ1) is 17.6. The number of nitrogens with zero attached hydrogens (tertiary/aromatic N) is 1. The summed E-state index contributed by atoms with van der Waals surface area (Å²) in [4.78, 5) is 14.3. The standard InChI is InChI=1S/C16H24N2O4S/c1-3-4-10-18(13-9-11-23(20,21)12-13)16(19)17-14-7-5-6-8-15(14)22-2/h5-8,13H,3-4,9-12H2,1-2H3,(H,17,19)/t13-/m1/s1. The van der Waals surface area contributed by atoms with Crippen molar-refractivity contribution in [1.82, 2.24) is 4.90 Å². The van der Waals surface area contributed by atoms with E-state index >= 15 is 0 Å². The number of amides is 2. The highest BCUT2D eigenvalue weighted by Gasteiger charge is 2.34. The number of benzene rings is 1. The molecule has 0 radical (unpaired) electrons. The van der Waals surface area contributed by atoms with Crippen molar-refractivity contribution < 1.29 is 17.9 Å². The zero-order valence-corrected chi connectivity index (χ0v) is 14.4. The molecule has 0 aliphatic carbocycles. The van der Waals surface area contributed by atoms with Crippen LogP contribution in [0.4, 0.5) is 10.5 Å². The summed E-state index contributed by atoms with van der Waals surface area (Å²) in [5.74, 6) is 0.786. The number of hydrogen-bond donors (Lipinski definition) is 1. The fourth-order valence-electron chi connectivity index (χ4n) is 2.73. The Bertz CT molecular complexity index is 645. The molecule has 0 unspecified atom stereocenters. The maximum atomic E-state index is 12.6. The molecule has 1 aromatic carbocycles. The lowest BCUT2D eigenvalue weighted by atomic mass is 10.2. The van der Waals surface area contributed by atoms with Crippen molar-refractivity contribution in [2.75, 3.05) is 30.5 Å². The number of carbonyl (C=O) groups is 1. The first-order valence-electron chi connectivity index (χ1n) is 7.88. The van der Waals surface area contributed by atoms with E-state index in [1.807, 2.05) is 19.1 Å². The molecular weight excluding hydrogens is 316 g/mol. The van der Waals surface area contributed by atoms with E-state index in [9.17, 15) is 13.2 Å². The molecule has 1 atom stereocenters. The number of ether oxygens (including phenoxy) is 1. The van der Waals surface area contributed by atoms with Crippen LogP contribution in [0.3, 0.4) is 0 Å². The molecule has 1 N–H and O–H groups in total. The number of nitrogens with one attached hydrogen (secondary N) is 1. The van der Waals surface area contributed by atoms with Gasteiger partial charge in [0.2, 0.25) is 0 Å². The van der Waals surface area contributed by atoms with Gasteiger partial charge in [-0.05, 0) is 25.0 Å². The van der Waals surface area contributed by atoms with Gasteiger partial charge >= 0.3 is 6.03 Å². The predicted octanol–water partition coefficient (Wildman–Crippen LogP) is 2.52. The normalized spacial score (nSPS) is 19.3. The largest absolute Gasteiger partial charge is 0.495 e. The van der Waals surface area contributed by atoms with Crippen LogP contribution in [-0.4, -0.2) is 50.6 Å². The Hall–Kier alpha value is -1.76. The van der Waals surface area contributed by atoms with E-state index in [0.717, 1.165) is 12.8 Å². The molecule has 0 saturated carbocycles. The van der Waals surface area contributed by atoms with Gasteiger partial charge in [0, 0.05) is 12.6 Å². The number of para-hydroxylation sites is 2. The fraction of sp³-hybridized carbons (Fsp3) is 0.562. The highest BCUT2D eigenvalue weighted by Crippen LogP contribution is 2.25. The van der Waals surface area contributed by atoms with Gasteiger partial charge in [-0.2, -0.15) is 0 Å². The number of carbonyl (C=O) groups excluding carboxylic acids is 1. The molecule has 1 aromatic rings. The molecule has 1 aliphatic rings. The third-order valence-electron chi connectivity index (χ3n) is 4.01. The summed E-state index contributed by atoms with van der Waals surface area (Å²) < 4.78 is 28.7. The van der Waals surface area contributed by atoms with Crippen LogP contribution >= 0.6 is 0 Å². The molecule has 0 spiro atoms. The Morgan fingerprint density at radius 3 is 2.74 bits per heavy atom. The molecular formula is C16H24N2O4S. The first-order valence-corrected chi connectivity index (χ1v) is 9.70. The predicted molar refractivity (Wildman–Crippen MR) is 90.7 cm³/mol. The summed E-state index contributed by atoms with van der Waals surface area (Å²) >= 11 is 0. The highest BCUT2D eigenvalue weighted by molar-refractivity contribution is 7.91. The lowest BCUT2D eigenvalue weighted by molar-refractivity contribution is 0.192. The molecule has 1 saturated heterocycles. The number of hydrogen-bond acceptors (Lipinski definition) is 4. The number of urea groups is 1. The Labute approximate surface area is 137 Å². The summed E-state index contributed by atoms with van der Waals surface area (Å²) in [7, 11) is -1.49. The van der Waals surface area contributed by atoms with Gasteiger partial charge in [-0.3, -0.25) is 0 Å². The lowest BCUT2D eigenvalue weighted by Gasteiger charge is -2.28. The third kappa shape index (κ3) is 4.60. The fourth-order valence-corrected chi connectivity index (χ4v) is 4.47. The van der Waals surface area contributed by atoms with E-state index < -0.39 is 9.84 Å². The number of methoxy groups -OCH3 is 1. The van der Waals surface area contributed by atoms with E-state index in [4.69, 9.17) is 4.74 Å². The van der Waals surface area contributed by atoms with Crippen LogP contribution in [0.15, 0.2) is 24.3 Å². The summed E-state index contributed by atoms with van der Waals surface area (Å²) in [5, 5.41) is 2.84. The van der Waals surface area contributed by atoms with Gasteiger partial charge in [-0.1, -0.05) is 25.5 Å². The van der Waals surface area contributed by atoms with Crippen molar-refractivity contribution >= 4 is 21.6 Å². The minimum Gasteiger partial charge on any atom is -0.495 e. The molecule has 1 fully saturated rings. The smallest absolute Gasteiger partial charge is 0.322 e. The Balaban J connectivity index is 2.13. The maximum Gasteiger partial charge on any atom is 0.322 e. The second-order valence-electron chi connectivity index (χ2n) is 5.73. The third-order valence-corrected chi connectivity index (χ3v) is 5.76. The minimum absolute atomic E-state index is 0.0516. The van der Waals surface area contributed by atoms with Crippen molar-refractivity contribution in [2.45, 2.75) is 32.2 Å². The first-order chi connectivity index (χ1) is 11.0. The molecule has 6 nitrogen and oxygen atoms in total. The van der Waals surface area contributed by atoms with Crippen molar-refractivity contribution in [3.05, 3.63) is 24.3 Å². The number of anilines is 1. The van der Waals surface area contributed by atoms with Crippen LogP contribution in [0.5, 0.6) is 5.75 Å². The van der Waals surface area contributed by atoms with E-state index in [1.54, 1.807) is 24.1 Å². The van der Waals surface area contributed by atoms with Crippen LogP contribution < -0.4 is 10.1 Å². The van der Waals surface area contributed by atoms with Crippen molar-refractivity contribution in [1.29, 1.82) is 0 Å². The van der Waals surface area contributed by atoms with Gasteiger partial charge in [-0.25, -0.2) is 13.2 Å². The SMILES string of the molecule is CCCCN(C(=O)Nc1ccccc1OC)[C@@H]1CCS(=O)(=O)C1. The summed E-state index contributed by atoms with van der Waals surface area (Å²) in [6.07, 6.45) is 2.29. The number of sulfone groups is 1. The zero-order chi connectivity index (χ0) is 16.9. The molecule has 0 bridgehead atoms. The number of unbranched alkanes of at least 4 members (excludes halogenated alkanes) is 1. The van der Waals surface area contributed by atoms with E-state index in [1.165, 1.54) is 0 Å². The summed E-state index contributed by atoms with van der Waals surface area (Å²) in [6, 6.07) is 6.65.